The fourth-order valence-electron chi connectivity index (χ4n) is 6.37. The Hall–Kier alpha value is -4.77. The zero-order valence-electron chi connectivity index (χ0n) is 24.3. The van der Waals surface area contributed by atoms with Gasteiger partial charge in [0.25, 0.3) is 11.8 Å². The number of anilines is 2. The number of para-hydroxylation sites is 2. The summed E-state index contributed by atoms with van der Waals surface area (Å²) in [5.74, 6) is -0.710. The molecule has 0 saturated heterocycles. The molecular weight excluding hydrogens is 640 g/mol. The number of hydrogen-bond donors (Lipinski definition) is 0. The highest BCUT2D eigenvalue weighted by molar-refractivity contribution is 8.00. The van der Waals surface area contributed by atoms with Crippen molar-refractivity contribution in [3.8, 4) is 0 Å². The number of aryl methyl sites for hydroxylation is 1. The number of halogens is 1. The third kappa shape index (κ3) is 4.24. The van der Waals surface area contributed by atoms with Crippen molar-refractivity contribution in [2.24, 2.45) is 0 Å². The molecule has 8 nitrogen and oxygen atoms in total. The van der Waals surface area contributed by atoms with Crippen molar-refractivity contribution in [1.29, 1.82) is 0 Å². The van der Waals surface area contributed by atoms with Gasteiger partial charge >= 0.3 is 0 Å². The standard InChI is InChI=1S/C35H23ClN4O4S2/c1-20-9-8-10-21(17-20)18-39-26-15-6-4-13-24(26)35(32(39)43)28-29(41)23-12-3-7-16-27(23)44-30(28)31(42)40(35)33-37-38-34(46-33)45-19-22-11-2-5-14-25(22)36/h2-17H,18-19H2,1H3. The Morgan fingerprint density at radius 1 is 0.913 bits per heavy atom. The molecule has 6 aromatic rings. The van der Waals surface area contributed by atoms with E-state index in [2.05, 4.69) is 10.2 Å². The van der Waals surface area contributed by atoms with Crippen molar-refractivity contribution in [3.05, 3.63) is 146 Å². The molecule has 4 aromatic carbocycles. The summed E-state index contributed by atoms with van der Waals surface area (Å²) in [4.78, 5) is 47.0. The van der Waals surface area contributed by atoms with Crippen LogP contribution in [0.4, 0.5) is 10.8 Å². The van der Waals surface area contributed by atoms with Gasteiger partial charge in [0.1, 0.15) is 5.58 Å². The fourth-order valence-corrected chi connectivity index (χ4v) is 8.54. The summed E-state index contributed by atoms with van der Waals surface area (Å²) < 4.78 is 6.75. The molecule has 2 aromatic heterocycles. The molecule has 1 unspecified atom stereocenters. The van der Waals surface area contributed by atoms with E-state index in [0.717, 1.165) is 16.7 Å². The number of carbonyl (C=O) groups excluding carboxylic acids is 2. The van der Waals surface area contributed by atoms with E-state index in [1.165, 1.54) is 28.0 Å². The summed E-state index contributed by atoms with van der Waals surface area (Å²) in [6.45, 7) is 2.23. The number of amides is 2. The van der Waals surface area contributed by atoms with Crippen LogP contribution >= 0.6 is 34.7 Å². The van der Waals surface area contributed by atoms with Crippen LogP contribution in [-0.4, -0.2) is 22.0 Å². The van der Waals surface area contributed by atoms with Crippen molar-refractivity contribution in [3.63, 3.8) is 0 Å². The Labute approximate surface area is 276 Å². The molecule has 226 valence electrons. The van der Waals surface area contributed by atoms with Crippen molar-refractivity contribution < 1.29 is 14.0 Å². The van der Waals surface area contributed by atoms with E-state index in [1.54, 1.807) is 41.3 Å². The lowest BCUT2D eigenvalue weighted by Crippen LogP contribution is -2.53. The Morgan fingerprint density at radius 2 is 1.70 bits per heavy atom. The molecule has 46 heavy (non-hydrogen) atoms. The van der Waals surface area contributed by atoms with Gasteiger partial charge in [-0.1, -0.05) is 113 Å². The van der Waals surface area contributed by atoms with Gasteiger partial charge < -0.3 is 9.32 Å². The molecule has 2 aliphatic heterocycles. The predicted molar refractivity (Wildman–Crippen MR) is 180 cm³/mol. The number of rotatable bonds is 6. The second kappa shape index (κ2) is 10.9. The first kappa shape index (κ1) is 28.7. The second-order valence-corrected chi connectivity index (χ2v) is 13.7. The minimum Gasteiger partial charge on any atom is -0.450 e. The van der Waals surface area contributed by atoms with Gasteiger partial charge in [-0.3, -0.25) is 19.3 Å². The lowest BCUT2D eigenvalue weighted by Gasteiger charge is -2.32. The van der Waals surface area contributed by atoms with Crippen LogP contribution in [0.5, 0.6) is 0 Å². The summed E-state index contributed by atoms with van der Waals surface area (Å²) in [5.41, 5.74) is 1.97. The largest absolute Gasteiger partial charge is 0.450 e. The molecule has 0 radical (unpaired) electrons. The molecule has 1 atom stereocenters. The average Bonchev–Trinajstić information content (AvgIpc) is 3.70. The topological polar surface area (TPSA) is 96.6 Å². The number of benzene rings is 4. The van der Waals surface area contributed by atoms with Gasteiger partial charge in [-0.25, -0.2) is 0 Å². The second-order valence-electron chi connectivity index (χ2n) is 11.1. The molecule has 0 saturated carbocycles. The van der Waals surface area contributed by atoms with E-state index in [9.17, 15) is 9.59 Å². The maximum absolute atomic E-state index is 15.1. The van der Waals surface area contributed by atoms with Gasteiger partial charge in [0.05, 0.1) is 23.2 Å². The van der Waals surface area contributed by atoms with Crippen LogP contribution in [0.25, 0.3) is 11.0 Å². The molecule has 1 spiro atoms. The molecule has 0 fully saturated rings. The lowest BCUT2D eigenvalue weighted by molar-refractivity contribution is -0.121. The SMILES string of the molecule is Cc1cccc(CN2C(=O)C3(c4ccccc42)c2c(oc4ccccc4c2=O)C(=O)N3c2nnc(SCc3ccccc3Cl)s2)c1. The molecule has 0 bridgehead atoms. The molecule has 4 heterocycles. The van der Waals surface area contributed by atoms with Crippen molar-refractivity contribution in [2.75, 3.05) is 9.80 Å². The normalized spacial score (nSPS) is 16.9. The minimum atomic E-state index is -1.85. The molecule has 8 rings (SSSR count). The van der Waals surface area contributed by atoms with E-state index in [-0.39, 0.29) is 34.0 Å². The van der Waals surface area contributed by atoms with Gasteiger partial charge in [-0.05, 0) is 42.3 Å². The van der Waals surface area contributed by atoms with E-state index < -0.39 is 22.8 Å². The number of thioether (sulfide) groups is 1. The van der Waals surface area contributed by atoms with Crippen molar-refractivity contribution in [2.45, 2.75) is 29.1 Å². The summed E-state index contributed by atoms with van der Waals surface area (Å²) in [7, 11) is 0. The van der Waals surface area contributed by atoms with E-state index in [4.69, 9.17) is 16.0 Å². The average molecular weight is 663 g/mol. The minimum absolute atomic E-state index is 0.0131. The van der Waals surface area contributed by atoms with E-state index in [1.807, 2.05) is 67.6 Å². The maximum Gasteiger partial charge on any atom is 0.297 e. The van der Waals surface area contributed by atoms with Crippen LogP contribution in [0, 0.1) is 6.92 Å². The van der Waals surface area contributed by atoms with Gasteiger partial charge in [-0.2, -0.15) is 0 Å². The smallest absolute Gasteiger partial charge is 0.297 e. The molecule has 11 heteroatoms. The van der Waals surface area contributed by atoms with Crippen molar-refractivity contribution in [1.82, 2.24) is 10.2 Å². The first-order chi connectivity index (χ1) is 22.4. The zero-order chi connectivity index (χ0) is 31.6. The quantitative estimate of drug-likeness (QED) is 0.136. The monoisotopic (exact) mass is 662 g/mol. The molecule has 2 amide bonds. The van der Waals surface area contributed by atoms with Crippen LogP contribution in [0.1, 0.15) is 38.4 Å². The van der Waals surface area contributed by atoms with Crippen LogP contribution in [0.2, 0.25) is 5.02 Å². The van der Waals surface area contributed by atoms with Gasteiger partial charge in [-0.15, -0.1) is 10.2 Å². The number of nitrogens with zero attached hydrogens (tertiary/aromatic N) is 4. The first-order valence-corrected chi connectivity index (χ1v) is 16.6. The van der Waals surface area contributed by atoms with Crippen molar-refractivity contribution >= 4 is 68.3 Å². The fraction of sp³-hybridized carbons (Fsp3) is 0.114. The van der Waals surface area contributed by atoms with Gasteiger partial charge in [0.2, 0.25) is 10.9 Å². The zero-order valence-corrected chi connectivity index (χ0v) is 26.7. The van der Waals surface area contributed by atoms with Crippen LogP contribution in [0.3, 0.4) is 0 Å². The number of fused-ring (bicyclic) bond motifs is 5. The number of hydrogen-bond acceptors (Lipinski definition) is 8. The number of carbonyl (C=O) groups is 2. The Bertz CT molecular complexity index is 2290. The predicted octanol–water partition coefficient (Wildman–Crippen LogP) is 7.35. The Balaban J connectivity index is 1.32. The summed E-state index contributed by atoms with van der Waals surface area (Å²) in [5, 5.41) is 9.90. The third-order valence-electron chi connectivity index (χ3n) is 8.35. The summed E-state index contributed by atoms with van der Waals surface area (Å²) >= 11 is 8.97. The lowest BCUT2D eigenvalue weighted by atomic mass is 9.84. The van der Waals surface area contributed by atoms with Crippen LogP contribution < -0.4 is 15.2 Å². The Kier molecular flexibility index (Phi) is 6.82. The summed E-state index contributed by atoms with van der Waals surface area (Å²) in [6, 6.07) is 29.5. The molecule has 2 aliphatic rings. The molecule has 0 N–H and O–H groups in total. The van der Waals surface area contributed by atoms with E-state index in [0.29, 0.717) is 26.4 Å². The molecular formula is C35H23ClN4O4S2. The maximum atomic E-state index is 15.1. The molecule has 0 aliphatic carbocycles. The van der Waals surface area contributed by atoms with Gasteiger partial charge in [0, 0.05) is 16.3 Å². The third-order valence-corrected chi connectivity index (χ3v) is 10.8. The summed E-state index contributed by atoms with van der Waals surface area (Å²) in [6.07, 6.45) is 0. The van der Waals surface area contributed by atoms with Gasteiger partial charge in [0.15, 0.2) is 15.3 Å². The highest BCUT2D eigenvalue weighted by atomic mass is 35.5. The van der Waals surface area contributed by atoms with Crippen LogP contribution in [-0.2, 0) is 22.6 Å². The van der Waals surface area contributed by atoms with E-state index >= 15 is 4.79 Å². The number of aromatic nitrogens is 2. The Morgan fingerprint density at radius 3 is 2.54 bits per heavy atom. The highest BCUT2D eigenvalue weighted by Gasteiger charge is 2.66. The highest BCUT2D eigenvalue weighted by Crippen LogP contribution is 2.55. The first-order valence-electron chi connectivity index (χ1n) is 14.5. The van der Waals surface area contributed by atoms with Crippen LogP contribution in [0.15, 0.2) is 111 Å².